The lowest BCUT2D eigenvalue weighted by molar-refractivity contribution is 0.609. The molecule has 0 aliphatic heterocycles. The lowest BCUT2D eigenvalue weighted by atomic mass is 10.0. The van der Waals surface area contributed by atoms with Gasteiger partial charge in [0.25, 0.3) is 0 Å². The Kier molecular flexibility index (Phi) is 4.55. The van der Waals surface area contributed by atoms with Gasteiger partial charge in [-0.15, -0.1) is 0 Å². The largest absolute Gasteiger partial charge is 0.327 e. The summed E-state index contributed by atoms with van der Waals surface area (Å²) in [4.78, 5) is 5.14. The first-order valence-corrected chi connectivity index (χ1v) is 6.97. The van der Waals surface area contributed by atoms with E-state index in [9.17, 15) is 4.39 Å². The third kappa shape index (κ3) is 3.54. The molecule has 2 N–H and O–H groups in total. The van der Waals surface area contributed by atoms with Crippen molar-refractivity contribution in [1.29, 1.82) is 0 Å². The molecular formula is C13H17FN4S. The van der Waals surface area contributed by atoms with Crippen molar-refractivity contribution in [2.45, 2.75) is 35.9 Å². The molecule has 0 fully saturated rings. The van der Waals surface area contributed by atoms with Crippen LogP contribution >= 0.6 is 11.8 Å². The zero-order valence-electron chi connectivity index (χ0n) is 11.0. The molecule has 2 aromatic rings. The van der Waals surface area contributed by atoms with E-state index in [0.717, 1.165) is 22.0 Å². The maximum absolute atomic E-state index is 13.4. The molecule has 0 spiro atoms. The fourth-order valence-electron chi connectivity index (χ4n) is 1.71. The van der Waals surface area contributed by atoms with Crippen LogP contribution in [-0.2, 0) is 13.5 Å². The van der Waals surface area contributed by atoms with Gasteiger partial charge in [-0.1, -0.05) is 6.92 Å². The van der Waals surface area contributed by atoms with Crippen LogP contribution in [0.2, 0.25) is 0 Å². The Morgan fingerprint density at radius 1 is 1.47 bits per heavy atom. The van der Waals surface area contributed by atoms with Crippen LogP contribution in [0, 0.1) is 5.82 Å². The molecule has 4 nitrogen and oxygen atoms in total. The highest BCUT2D eigenvalue weighted by molar-refractivity contribution is 7.99. The summed E-state index contributed by atoms with van der Waals surface area (Å²) >= 11 is 1.48. The second-order valence-electron chi connectivity index (χ2n) is 4.39. The van der Waals surface area contributed by atoms with Crippen LogP contribution in [0.1, 0.15) is 18.9 Å². The van der Waals surface area contributed by atoms with E-state index in [4.69, 9.17) is 5.73 Å². The van der Waals surface area contributed by atoms with Crippen LogP contribution in [0.3, 0.4) is 0 Å². The maximum atomic E-state index is 13.4. The number of rotatable bonds is 5. The van der Waals surface area contributed by atoms with Gasteiger partial charge in [-0.25, -0.2) is 14.1 Å². The molecule has 0 aliphatic rings. The minimum Gasteiger partial charge on any atom is -0.327 e. The predicted molar refractivity (Wildman–Crippen MR) is 73.5 cm³/mol. The fourth-order valence-corrected chi connectivity index (χ4v) is 2.60. The van der Waals surface area contributed by atoms with Gasteiger partial charge in [0, 0.05) is 18.0 Å². The highest BCUT2D eigenvalue weighted by Crippen LogP contribution is 2.29. The van der Waals surface area contributed by atoms with Crippen LogP contribution < -0.4 is 5.73 Å². The van der Waals surface area contributed by atoms with Crippen LogP contribution in [0.5, 0.6) is 0 Å². The smallest absolute Gasteiger partial charge is 0.190 e. The van der Waals surface area contributed by atoms with E-state index in [1.54, 1.807) is 16.8 Å². The standard InChI is InChI=1S/C13H17FN4S/c1-3-11(15)7-9-6-10(14)4-5-12(9)19-13-16-8-17-18(13)2/h4-6,8,11H,3,7,15H2,1-2H3. The van der Waals surface area contributed by atoms with Crippen LogP contribution in [0.4, 0.5) is 4.39 Å². The van der Waals surface area contributed by atoms with E-state index in [1.807, 2.05) is 14.0 Å². The van der Waals surface area contributed by atoms with Gasteiger partial charge in [-0.2, -0.15) is 5.10 Å². The molecule has 0 bridgehead atoms. The molecule has 0 amide bonds. The minimum atomic E-state index is -0.236. The average molecular weight is 280 g/mol. The molecule has 0 saturated heterocycles. The lowest BCUT2D eigenvalue weighted by Crippen LogP contribution is -2.21. The number of halogens is 1. The molecule has 1 aromatic carbocycles. The van der Waals surface area contributed by atoms with Crippen LogP contribution in [-0.4, -0.2) is 20.8 Å². The number of hydrogen-bond donors (Lipinski definition) is 1. The number of nitrogens with two attached hydrogens (primary N) is 1. The summed E-state index contributed by atoms with van der Waals surface area (Å²) in [5.41, 5.74) is 6.88. The van der Waals surface area contributed by atoms with E-state index in [-0.39, 0.29) is 11.9 Å². The third-order valence-corrected chi connectivity index (χ3v) is 4.07. The third-order valence-electron chi connectivity index (χ3n) is 2.90. The molecule has 102 valence electrons. The zero-order chi connectivity index (χ0) is 13.8. The van der Waals surface area contributed by atoms with Gasteiger partial charge in [0.05, 0.1) is 0 Å². The summed E-state index contributed by atoms with van der Waals surface area (Å²) < 4.78 is 15.1. The molecular weight excluding hydrogens is 263 g/mol. The Morgan fingerprint density at radius 3 is 2.89 bits per heavy atom. The van der Waals surface area contributed by atoms with E-state index in [0.29, 0.717) is 6.42 Å². The summed E-state index contributed by atoms with van der Waals surface area (Å²) in [5, 5.41) is 4.80. The van der Waals surface area contributed by atoms with Gasteiger partial charge in [-0.05, 0) is 48.4 Å². The lowest BCUT2D eigenvalue weighted by Gasteiger charge is -2.12. The van der Waals surface area contributed by atoms with Crippen molar-refractivity contribution < 1.29 is 4.39 Å². The van der Waals surface area contributed by atoms with E-state index in [1.165, 1.54) is 24.2 Å². The molecule has 1 aromatic heterocycles. The number of aryl methyl sites for hydroxylation is 1. The van der Waals surface area contributed by atoms with E-state index < -0.39 is 0 Å². The second kappa shape index (κ2) is 6.16. The van der Waals surface area contributed by atoms with Crippen molar-refractivity contribution in [1.82, 2.24) is 14.8 Å². The number of benzene rings is 1. The van der Waals surface area contributed by atoms with Gasteiger partial charge >= 0.3 is 0 Å². The molecule has 0 aliphatic carbocycles. The van der Waals surface area contributed by atoms with Crippen molar-refractivity contribution in [3.8, 4) is 0 Å². The Bertz CT molecular complexity index is 555. The molecule has 2 rings (SSSR count). The van der Waals surface area contributed by atoms with Gasteiger partial charge in [-0.3, -0.25) is 0 Å². The fraction of sp³-hybridized carbons (Fsp3) is 0.385. The Hall–Kier alpha value is -1.40. The summed E-state index contributed by atoms with van der Waals surface area (Å²) in [7, 11) is 1.83. The Morgan fingerprint density at radius 2 is 2.26 bits per heavy atom. The van der Waals surface area contributed by atoms with Gasteiger partial charge in [0.1, 0.15) is 12.1 Å². The number of nitrogens with zero attached hydrogens (tertiary/aromatic N) is 3. The minimum absolute atomic E-state index is 0.0423. The van der Waals surface area contributed by atoms with Crippen molar-refractivity contribution in [3.05, 3.63) is 35.9 Å². The molecule has 6 heteroatoms. The Labute approximate surface area is 116 Å². The zero-order valence-corrected chi connectivity index (χ0v) is 11.8. The average Bonchev–Trinajstić information content (AvgIpc) is 2.78. The van der Waals surface area contributed by atoms with E-state index in [2.05, 4.69) is 10.1 Å². The number of aromatic nitrogens is 3. The van der Waals surface area contributed by atoms with E-state index >= 15 is 0 Å². The summed E-state index contributed by atoms with van der Waals surface area (Å²) in [6, 6.07) is 4.82. The summed E-state index contributed by atoms with van der Waals surface area (Å²) in [6.07, 6.45) is 3.03. The van der Waals surface area contributed by atoms with Crippen LogP contribution in [0.25, 0.3) is 0 Å². The molecule has 0 radical (unpaired) electrons. The first-order chi connectivity index (χ1) is 9.10. The summed E-state index contributed by atoms with van der Waals surface area (Å²) in [6.45, 7) is 2.03. The highest BCUT2D eigenvalue weighted by atomic mass is 32.2. The first-order valence-electron chi connectivity index (χ1n) is 6.16. The van der Waals surface area contributed by atoms with Gasteiger partial charge in [0.15, 0.2) is 5.16 Å². The van der Waals surface area contributed by atoms with Crippen molar-refractivity contribution in [2.24, 2.45) is 12.8 Å². The quantitative estimate of drug-likeness (QED) is 0.913. The molecule has 1 heterocycles. The van der Waals surface area contributed by atoms with Crippen LogP contribution in [0.15, 0.2) is 34.6 Å². The van der Waals surface area contributed by atoms with Gasteiger partial charge < -0.3 is 5.73 Å². The second-order valence-corrected chi connectivity index (χ2v) is 5.40. The first kappa shape index (κ1) is 14.0. The molecule has 0 saturated carbocycles. The van der Waals surface area contributed by atoms with Gasteiger partial charge in [0.2, 0.25) is 0 Å². The monoisotopic (exact) mass is 280 g/mol. The topological polar surface area (TPSA) is 56.7 Å². The normalized spacial score (nSPS) is 12.6. The molecule has 1 atom stereocenters. The highest BCUT2D eigenvalue weighted by Gasteiger charge is 2.11. The van der Waals surface area contributed by atoms with Crippen molar-refractivity contribution in [2.75, 3.05) is 0 Å². The number of hydrogen-bond acceptors (Lipinski definition) is 4. The molecule has 19 heavy (non-hydrogen) atoms. The Balaban J connectivity index is 2.26. The predicted octanol–water partition coefficient (Wildman–Crippen LogP) is 2.39. The van der Waals surface area contributed by atoms with Crippen molar-refractivity contribution >= 4 is 11.8 Å². The summed E-state index contributed by atoms with van der Waals surface area (Å²) in [5.74, 6) is -0.236. The SMILES string of the molecule is CCC(N)Cc1cc(F)ccc1Sc1ncnn1C. The maximum Gasteiger partial charge on any atom is 0.190 e. The molecule has 1 unspecified atom stereocenters. The van der Waals surface area contributed by atoms with Crippen molar-refractivity contribution in [3.63, 3.8) is 0 Å².